The van der Waals surface area contributed by atoms with E-state index in [9.17, 15) is 15.3 Å². The van der Waals surface area contributed by atoms with Crippen LogP contribution >= 0.6 is 0 Å². The number of carbonyl (C=O) groups excluding carboxylic acids is 1. The highest BCUT2D eigenvalue weighted by molar-refractivity contribution is 5.94. The Bertz CT molecular complexity index is 3580. The second-order valence-electron chi connectivity index (χ2n) is 18.6. The van der Waals surface area contributed by atoms with Gasteiger partial charge in [-0.25, -0.2) is 0 Å². The van der Waals surface area contributed by atoms with Gasteiger partial charge in [0.05, 0.1) is 0 Å². The number of nitriles is 2. The number of hydrogen-bond acceptors (Lipinski definition) is 10. The van der Waals surface area contributed by atoms with E-state index in [-0.39, 0.29) is 23.2 Å². The number of nitrogens with zero attached hydrogens (tertiary/aromatic N) is 5. The van der Waals surface area contributed by atoms with Crippen molar-refractivity contribution < 1.29 is 23.4 Å². The van der Waals surface area contributed by atoms with Crippen LogP contribution in [0.15, 0.2) is 209 Å². The molecular weight excluding hydrogens is 933 g/mol. The number of hydrogen-bond donors (Lipinski definition) is 1. The molecule has 7 aromatic rings. The molecule has 0 spiro atoms. The van der Waals surface area contributed by atoms with Crippen molar-refractivity contribution in [2.24, 2.45) is 5.41 Å². The van der Waals surface area contributed by atoms with Gasteiger partial charge in [-0.3, -0.25) is 4.79 Å². The number of nitrogens with one attached hydrogen (secondary N) is 1. The molecule has 1 N–H and O–H groups in total. The lowest BCUT2D eigenvalue weighted by Crippen LogP contribution is -2.42. The quantitative estimate of drug-likeness (QED) is 0.0733. The van der Waals surface area contributed by atoms with E-state index in [1.54, 1.807) is 18.2 Å². The second kappa shape index (κ2) is 22.8. The summed E-state index contributed by atoms with van der Waals surface area (Å²) in [7, 11) is 0. The molecule has 1 amide bonds. The Morgan fingerprint density at radius 3 is 2.35 bits per heavy atom. The number of ether oxygens (including phenoxy) is 3. The van der Waals surface area contributed by atoms with Gasteiger partial charge in [0, 0.05) is 64.3 Å². The van der Waals surface area contributed by atoms with Crippen LogP contribution in [0, 0.1) is 39.9 Å². The first-order valence-corrected chi connectivity index (χ1v) is 24.8. The molecule has 370 valence electrons. The van der Waals surface area contributed by atoms with Crippen LogP contribution in [-0.4, -0.2) is 29.2 Å². The van der Waals surface area contributed by atoms with Gasteiger partial charge in [-0.1, -0.05) is 112 Å². The number of benzene rings is 6. The van der Waals surface area contributed by atoms with Crippen molar-refractivity contribution in [3.63, 3.8) is 0 Å². The molecule has 0 saturated carbocycles. The molecule has 1 aromatic heterocycles. The van der Waals surface area contributed by atoms with Gasteiger partial charge in [-0.2, -0.15) is 10.5 Å². The Morgan fingerprint density at radius 2 is 1.59 bits per heavy atom. The van der Waals surface area contributed by atoms with E-state index in [1.807, 2.05) is 116 Å². The highest BCUT2D eigenvalue weighted by atomic mass is 16.5. The fourth-order valence-corrected chi connectivity index (χ4v) is 9.19. The molecule has 0 fully saturated rings. The van der Waals surface area contributed by atoms with E-state index in [1.165, 1.54) is 6.08 Å². The fraction of sp³-hybridized carbons (Fsp3) is 0.172. The smallest absolute Gasteiger partial charge is 0.248 e. The van der Waals surface area contributed by atoms with Crippen molar-refractivity contribution in [2.75, 3.05) is 18.0 Å². The number of fused-ring (bicyclic) bond motifs is 2. The summed E-state index contributed by atoms with van der Waals surface area (Å²) in [5.41, 5.74) is 7.35. The normalized spacial score (nSPS) is 14.3. The summed E-state index contributed by atoms with van der Waals surface area (Å²) in [5, 5.41) is 33.3. The van der Waals surface area contributed by atoms with Crippen molar-refractivity contribution in [2.45, 2.75) is 53.1 Å². The van der Waals surface area contributed by atoms with Crippen LogP contribution in [0.3, 0.4) is 0 Å². The van der Waals surface area contributed by atoms with Crippen LogP contribution in [0.4, 0.5) is 11.4 Å². The molecule has 0 aliphatic carbocycles. The SMILES string of the molecule is C=CC#CC1=CC(=C(C#N)C#N)C=C(C=C2C=C(C)c3ccc(N(CCNC(=O)C(C)(CC)CC(C)c4ccc(COc5ccc(-c6nnc(-c7cccc8ccccc78)o6)cc5)cc4)c4ccccc4)cc3O2)O1. The summed E-state index contributed by atoms with van der Waals surface area (Å²) in [6.07, 6.45) is 9.56. The third-order valence-electron chi connectivity index (χ3n) is 13.5. The topological polar surface area (TPSA) is 147 Å². The molecule has 0 radical (unpaired) electrons. The molecule has 2 aliphatic rings. The van der Waals surface area contributed by atoms with Gasteiger partial charge in [-0.05, 0) is 138 Å². The number of rotatable bonds is 16. The van der Waals surface area contributed by atoms with Gasteiger partial charge in [0.25, 0.3) is 0 Å². The summed E-state index contributed by atoms with van der Waals surface area (Å²) in [6.45, 7) is 13.2. The van der Waals surface area contributed by atoms with Gasteiger partial charge in [-0.15, -0.1) is 10.2 Å². The summed E-state index contributed by atoms with van der Waals surface area (Å²) in [6, 6.07) is 50.3. The fourth-order valence-electron chi connectivity index (χ4n) is 9.19. The molecule has 2 unspecified atom stereocenters. The van der Waals surface area contributed by atoms with Gasteiger partial charge in [0.1, 0.15) is 47.3 Å². The first-order valence-electron chi connectivity index (χ1n) is 24.8. The highest BCUT2D eigenvalue weighted by Gasteiger charge is 2.33. The molecule has 0 bridgehead atoms. The summed E-state index contributed by atoms with van der Waals surface area (Å²) >= 11 is 0. The Balaban J connectivity index is 0.808. The monoisotopic (exact) mass is 986 g/mol. The molecule has 75 heavy (non-hydrogen) atoms. The third-order valence-corrected chi connectivity index (χ3v) is 13.5. The van der Waals surface area contributed by atoms with Crippen LogP contribution in [0.1, 0.15) is 63.1 Å². The molecule has 11 heteroatoms. The number of aromatic nitrogens is 2. The number of para-hydroxylation sites is 1. The molecule has 6 aromatic carbocycles. The summed E-state index contributed by atoms with van der Waals surface area (Å²) in [4.78, 5) is 16.3. The Labute approximate surface area is 437 Å². The minimum atomic E-state index is -0.608. The minimum Gasteiger partial charge on any atom is -0.489 e. The summed E-state index contributed by atoms with van der Waals surface area (Å²) < 4.78 is 24.8. The maximum atomic E-state index is 14.1. The van der Waals surface area contributed by atoms with E-state index in [4.69, 9.17) is 18.6 Å². The molecule has 2 aliphatic heterocycles. The van der Waals surface area contributed by atoms with E-state index in [2.05, 4.69) is 108 Å². The number of amides is 1. The highest BCUT2D eigenvalue weighted by Crippen LogP contribution is 2.40. The zero-order valence-corrected chi connectivity index (χ0v) is 42.3. The van der Waals surface area contributed by atoms with E-state index in [0.717, 1.165) is 61.3 Å². The predicted octanol–water partition coefficient (Wildman–Crippen LogP) is 14.0. The van der Waals surface area contributed by atoms with Crippen molar-refractivity contribution in [1.82, 2.24) is 15.5 Å². The van der Waals surface area contributed by atoms with Gasteiger partial charge >= 0.3 is 0 Å². The van der Waals surface area contributed by atoms with Crippen LogP contribution in [0.2, 0.25) is 0 Å². The number of allylic oxidation sites excluding steroid dienone is 9. The zero-order chi connectivity index (χ0) is 52.3. The largest absolute Gasteiger partial charge is 0.489 e. The third kappa shape index (κ3) is 11.7. The van der Waals surface area contributed by atoms with Crippen LogP contribution in [-0.2, 0) is 16.1 Å². The average Bonchev–Trinajstić information content (AvgIpc) is 3.94. The second-order valence-corrected chi connectivity index (χ2v) is 18.6. The molecule has 0 saturated heterocycles. The van der Waals surface area contributed by atoms with Crippen molar-refractivity contribution in [3.8, 4) is 58.4 Å². The molecule has 9 rings (SSSR count). The summed E-state index contributed by atoms with van der Waals surface area (Å²) in [5.74, 6) is 9.14. The average molecular weight is 987 g/mol. The number of anilines is 2. The maximum Gasteiger partial charge on any atom is 0.248 e. The standard InChI is InChI=1S/C64H54N6O5/c1-6-8-19-54-35-49(50(40-65)41-66)36-56(73-54)38-55-34-43(3)57-31-28-52(37-60(57)74-55)70(51-17-10-9-11-18-51)33-32-67-63(71)64(5,7-2)39-44(4)46-24-22-45(23-25-46)42-72-53-29-26-48(27-30-53)61-68-69-62(75-61)59-21-14-16-47-15-12-13-20-58(47)59/h6,9-18,20-31,34-38,44H,1,7,32-33,39,42H2,2-5H3,(H,67,71). The number of carbonyl (C=O) groups is 1. The van der Waals surface area contributed by atoms with E-state index in [0.29, 0.717) is 67.2 Å². The van der Waals surface area contributed by atoms with Crippen molar-refractivity contribution >= 4 is 33.6 Å². The first-order chi connectivity index (χ1) is 36.5. The van der Waals surface area contributed by atoms with Gasteiger partial charge in [0.15, 0.2) is 5.76 Å². The molecule has 11 nitrogen and oxygen atoms in total. The van der Waals surface area contributed by atoms with E-state index >= 15 is 0 Å². The van der Waals surface area contributed by atoms with Crippen molar-refractivity contribution in [1.29, 1.82) is 10.5 Å². The zero-order valence-electron chi connectivity index (χ0n) is 42.3. The minimum absolute atomic E-state index is 0.0111. The predicted molar refractivity (Wildman–Crippen MR) is 294 cm³/mol. The van der Waals surface area contributed by atoms with Crippen molar-refractivity contribution in [3.05, 3.63) is 222 Å². The molecule has 3 heterocycles. The van der Waals surface area contributed by atoms with Crippen LogP contribution in [0.5, 0.6) is 11.5 Å². The van der Waals surface area contributed by atoms with E-state index < -0.39 is 5.41 Å². The molecule has 2 atom stereocenters. The van der Waals surface area contributed by atoms with Crippen LogP contribution in [0.25, 0.3) is 39.3 Å². The maximum absolute atomic E-state index is 14.1. The lowest BCUT2D eigenvalue weighted by atomic mass is 9.76. The Morgan fingerprint density at radius 1 is 0.840 bits per heavy atom. The lowest BCUT2D eigenvalue weighted by Gasteiger charge is -2.31. The molecular formula is C64H54N6O5. The van der Waals surface area contributed by atoms with Gasteiger partial charge in [0.2, 0.25) is 17.7 Å². The first kappa shape index (κ1) is 50.3. The Kier molecular flexibility index (Phi) is 15.3. The Hall–Kier alpha value is -9.63. The van der Waals surface area contributed by atoms with Crippen LogP contribution < -0.4 is 19.7 Å². The van der Waals surface area contributed by atoms with Gasteiger partial charge < -0.3 is 28.8 Å². The lowest BCUT2D eigenvalue weighted by molar-refractivity contribution is -0.130.